The van der Waals surface area contributed by atoms with Crippen molar-refractivity contribution in [1.29, 1.82) is 0 Å². The van der Waals surface area contributed by atoms with Gasteiger partial charge < -0.3 is 0 Å². The number of carbonyl (C=O) groups excluding carboxylic acids is 1. The Morgan fingerprint density at radius 3 is 3.08 bits per heavy atom. The van der Waals surface area contributed by atoms with Gasteiger partial charge in [-0.2, -0.15) is 0 Å². The molecule has 1 rings (SSSR count). The second-order valence-electron chi connectivity index (χ2n) is 2.17. The Balaban J connectivity index is 2.53. The molecule has 0 saturated carbocycles. The highest BCUT2D eigenvalue weighted by molar-refractivity contribution is 9.10. The maximum atomic E-state index is 10.9. The maximum Gasteiger partial charge on any atom is 0.267 e. The number of hydrogen-bond acceptors (Lipinski definition) is 3. The number of halogens is 1. The van der Waals surface area contributed by atoms with Gasteiger partial charge in [0.25, 0.3) is 5.91 Å². The highest BCUT2D eigenvalue weighted by Crippen LogP contribution is 2.20. The van der Waals surface area contributed by atoms with Crippen LogP contribution in [0.1, 0.15) is 4.88 Å². The van der Waals surface area contributed by atoms with Gasteiger partial charge in [0.05, 0.1) is 7.11 Å². The van der Waals surface area contributed by atoms with Crippen molar-refractivity contribution >= 4 is 39.2 Å². The molecule has 0 aliphatic heterocycles. The van der Waals surface area contributed by atoms with Gasteiger partial charge in [-0.05, 0) is 28.1 Å². The van der Waals surface area contributed by atoms with E-state index in [0.717, 1.165) is 9.35 Å². The van der Waals surface area contributed by atoms with Gasteiger partial charge in [0.2, 0.25) is 0 Å². The van der Waals surface area contributed by atoms with E-state index >= 15 is 0 Å². The molecule has 1 aromatic heterocycles. The molecule has 0 aliphatic carbocycles. The Bertz CT molecular complexity index is 322. The monoisotopic (exact) mass is 261 g/mol. The summed E-state index contributed by atoms with van der Waals surface area (Å²) in [4.78, 5) is 16.3. The third kappa shape index (κ3) is 3.71. The number of rotatable bonds is 3. The second-order valence-corrected chi connectivity index (χ2v) is 4.03. The Labute approximate surface area is 88.5 Å². The molecule has 1 amide bonds. The van der Waals surface area contributed by atoms with Gasteiger partial charge in [0.1, 0.15) is 0 Å². The van der Waals surface area contributed by atoms with Crippen LogP contribution in [0.5, 0.6) is 0 Å². The number of amides is 1. The lowest BCUT2D eigenvalue weighted by atomic mass is 10.4. The predicted octanol–water partition coefficient (Wildman–Crippen LogP) is 2.20. The van der Waals surface area contributed by atoms with Crippen molar-refractivity contribution in [2.24, 2.45) is 0 Å². The Morgan fingerprint density at radius 2 is 2.54 bits per heavy atom. The first kappa shape index (κ1) is 10.4. The fraction of sp³-hybridized carbons (Fsp3) is 0.125. The largest absolute Gasteiger partial charge is 0.277 e. The summed E-state index contributed by atoms with van der Waals surface area (Å²) >= 11 is 4.88. The van der Waals surface area contributed by atoms with E-state index in [2.05, 4.69) is 26.2 Å². The molecular formula is C8H8BrNO2S. The van der Waals surface area contributed by atoms with Gasteiger partial charge in [0.15, 0.2) is 0 Å². The van der Waals surface area contributed by atoms with Crippen LogP contribution >= 0.6 is 27.3 Å². The van der Waals surface area contributed by atoms with Crippen molar-refractivity contribution in [2.75, 3.05) is 7.11 Å². The van der Waals surface area contributed by atoms with Crippen LogP contribution in [0.2, 0.25) is 0 Å². The van der Waals surface area contributed by atoms with Crippen LogP contribution in [0, 0.1) is 0 Å². The van der Waals surface area contributed by atoms with Gasteiger partial charge in [0, 0.05) is 20.8 Å². The van der Waals surface area contributed by atoms with Gasteiger partial charge >= 0.3 is 0 Å². The van der Waals surface area contributed by atoms with Crippen LogP contribution < -0.4 is 5.48 Å². The van der Waals surface area contributed by atoms with E-state index in [1.54, 1.807) is 17.4 Å². The zero-order chi connectivity index (χ0) is 9.68. The highest BCUT2D eigenvalue weighted by atomic mass is 79.9. The van der Waals surface area contributed by atoms with Crippen molar-refractivity contribution < 1.29 is 9.63 Å². The molecule has 1 N–H and O–H groups in total. The number of nitrogens with one attached hydrogen (secondary N) is 1. The number of carbonyl (C=O) groups is 1. The fourth-order valence-electron chi connectivity index (χ4n) is 0.708. The van der Waals surface area contributed by atoms with Crippen LogP contribution in [0.25, 0.3) is 6.08 Å². The number of hydrogen-bond donors (Lipinski definition) is 1. The van der Waals surface area contributed by atoms with E-state index in [4.69, 9.17) is 0 Å². The third-order valence-electron chi connectivity index (χ3n) is 1.19. The van der Waals surface area contributed by atoms with Crippen molar-refractivity contribution in [3.63, 3.8) is 0 Å². The van der Waals surface area contributed by atoms with E-state index in [-0.39, 0.29) is 5.91 Å². The molecule has 0 saturated heterocycles. The highest BCUT2D eigenvalue weighted by Gasteiger charge is 1.94. The molecule has 13 heavy (non-hydrogen) atoms. The summed E-state index contributed by atoms with van der Waals surface area (Å²) in [7, 11) is 1.40. The summed E-state index contributed by atoms with van der Waals surface area (Å²) in [6.07, 6.45) is 3.14. The molecule has 0 atom stereocenters. The first-order valence-corrected chi connectivity index (χ1v) is 5.14. The van der Waals surface area contributed by atoms with Gasteiger partial charge in [-0.1, -0.05) is 0 Å². The average molecular weight is 262 g/mol. The summed E-state index contributed by atoms with van der Waals surface area (Å²) < 4.78 is 1.02. The molecule has 0 aromatic carbocycles. The molecule has 1 heterocycles. The van der Waals surface area contributed by atoms with E-state index in [0.29, 0.717) is 0 Å². The Hall–Kier alpha value is -0.650. The van der Waals surface area contributed by atoms with Crippen molar-refractivity contribution in [1.82, 2.24) is 5.48 Å². The summed E-state index contributed by atoms with van der Waals surface area (Å²) in [6.45, 7) is 0. The maximum absolute atomic E-state index is 10.9. The molecule has 5 heteroatoms. The normalized spacial score (nSPS) is 10.6. The minimum Gasteiger partial charge on any atom is -0.277 e. The van der Waals surface area contributed by atoms with Crippen LogP contribution in [-0.2, 0) is 9.63 Å². The van der Waals surface area contributed by atoms with Crippen LogP contribution in [0.15, 0.2) is 22.0 Å². The Morgan fingerprint density at radius 1 is 1.77 bits per heavy atom. The van der Waals surface area contributed by atoms with Crippen molar-refractivity contribution in [2.45, 2.75) is 0 Å². The molecule has 0 unspecified atom stereocenters. The van der Waals surface area contributed by atoms with Gasteiger partial charge in [-0.15, -0.1) is 11.3 Å². The zero-order valence-corrected chi connectivity index (χ0v) is 9.31. The molecule has 0 aliphatic rings. The minimum atomic E-state index is -0.271. The topological polar surface area (TPSA) is 38.3 Å². The fourth-order valence-corrected chi connectivity index (χ4v) is 2.04. The van der Waals surface area contributed by atoms with Crippen LogP contribution in [0.3, 0.4) is 0 Å². The summed E-state index contributed by atoms with van der Waals surface area (Å²) in [6, 6.07) is 1.93. The van der Waals surface area contributed by atoms with E-state index in [9.17, 15) is 4.79 Å². The quantitative estimate of drug-likeness (QED) is 0.670. The molecule has 3 nitrogen and oxygen atoms in total. The molecule has 0 spiro atoms. The summed E-state index contributed by atoms with van der Waals surface area (Å²) in [5.41, 5.74) is 2.19. The first-order valence-electron chi connectivity index (χ1n) is 3.47. The smallest absolute Gasteiger partial charge is 0.267 e. The number of thiophene rings is 1. The Kier molecular flexibility index (Phi) is 4.14. The zero-order valence-electron chi connectivity index (χ0n) is 6.91. The molecular weight excluding hydrogens is 254 g/mol. The van der Waals surface area contributed by atoms with Crippen molar-refractivity contribution in [3.8, 4) is 0 Å². The SMILES string of the molecule is CONC(=O)/C=C/c1cc(Br)cs1. The van der Waals surface area contributed by atoms with Gasteiger partial charge in [-0.25, -0.2) is 5.48 Å². The lowest BCUT2D eigenvalue weighted by Gasteiger charge is -1.93. The summed E-state index contributed by atoms with van der Waals surface area (Å²) in [5, 5.41) is 1.95. The third-order valence-corrected chi connectivity index (χ3v) is 2.85. The van der Waals surface area contributed by atoms with E-state index in [1.807, 2.05) is 11.4 Å². The van der Waals surface area contributed by atoms with Crippen LogP contribution in [0.4, 0.5) is 0 Å². The van der Waals surface area contributed by atoms with E-state index < -0.39 is 0 Å². The molecule has 1 aromatic rings. The predicted molar refractivity (Wildman–Crippen MR) is 56.2 cm³/mol. The lowest BCUT2D eigenvalue weighted by Crippen LogP contribution is -2.18. The second kappa shape index (κ2) is 5.16. The summed E-state index contributed by atoms with van der Waals surface area (Å²) in [5.74, 6) is -0.271. The minimum absolute atomic E-state index is 0.271. The van der Waals surface area contributed by atoms with Crippen LogP contribution in [-0.4, -0.2) is 13.0 Å². The first-order chi connectivity index (χ1) is 6.22. The lowest BCUT2D eigenvalue weighted by molar-refractivity contribution is -0.126. The molecule has 70 valence electrons. The van der Waals surface area contributed by atoms with Gasteiger partial charge in [-0.3, -0.25) is 9.63 Å². The average Bonchev–Trinajstić information content (AvgIpc) is 2.49. The van der Waals surface area contributed by atoms with E-state index in [1.165, 1.54) is 13.2 Å². The standard InChI is InChI=1S/C8H8BrNO2S/c1-12-10-8(11)3-2-7-4-6(9)5-13-7/h2-5H,1H3,(H,10,11)/b3-2+. The molecule has 0 radical (unpaired) electrons. The molecule has 0 fully saturated rings. The number of hydroxylamine groups is 1. The molecule has 0 bridgehead atoms. The van der Waals surface area contributed by atoms with Crippen molar-refractivity contribution in [3.05, 3.63) is 26.9 Å².